The fraction of sp³-hybridized carbons (Fsp3) is 0.615. The molecule has 0 aromatic carbocycles. The zero-order valence-corrected chi connectivity index (χ0v) is 12.4. The molecule has 1 aliphatic heterocycles. The van der Waals surface area contributed by atoms with E-state index < -0.39 is 0 Å². The van der Waals surface area contributed by atoms with Crippen molar-refractivity contribution in [3.63, 3.8) is 0 Å². The Hall–Kier alpha value is -1.27. The monoisotopic (exact) mass is 279 g/mol. The van der Waals surface area contributed by atoms with Crippen molar-refractivity contribution in [1.82, 2.24) is 14.9 Å². The largest absolute Gasteiger partial charge is 0.388 e. The molecule has 0 radical (unpaired) electrons. The quantitative estimate of drug-likeness (QED) is 0.826. The first-order chi connectivity index (χ1) is 9.06. The minimum Gasteiger partial charge on any atom is -0.388 e. The first-order valence-electron chi connectivity index (χ1n) is 6.59. The Bertz CT molecular complexity index is 442. The van der Waals surface area contributed by atoms with Crippen LogP contribution in [0.5, 0.6) is 0 Å². The van der Waals surface area contributed by atoms with Crippen LogP contribution in [0, 0.1) is 5.92 Å². The van der Waals surface area contributed by atoms with Crippen molar-refractivity contribution in [3.8, 4) is 0 Å². The first-order valence-corrected chi connectivity index (χ1v) is 6.99. The van der Waals surface area contributed by atoms with E-state index in [0.29, 0.717) is 22.5 Å². The lowest BCUT2D eigenvalue weighted by molar-refractivity contribution is 0.222. The second-order valence-corrected chi connectivity index (χ2v) is 5.67. The molecule has 2 rings (SSSR count). The highest BCUT2D eigenvalue weighted by Gasteiger charge is 2.19. The van der Waals surface area contributed by atoms with Crippen LogP contribution in [-0.2, 0) is 0 Å². The normalized spacial score (nSPS) is 17.4. The van der Waals surface area contributed by atoms with Gasteiger partial charge in [0.25, 0.3) is 0 Å². The molecule has 1 saturated heterocycles. The predicted molar refractivity (Wildman–Crippen MR) is 81.4 cm³/mol. The molecule has 0 unspecified atom stereocenters. The minimum absolute atomic E-state index is 0.316. The summed E-state index contributed by atoms with van der Waals surface area (Å²) in [5.74, 6) is 1.41. The molecule has 2 heterocycles. The van der Waals surface area contributed by atoms with Crippen LogP contribution in [-0.4, -0.2) is 53.6 Å². The second-order valence-electron chi connectivity index (χ2n) is 5.23. The molecule has 1 fully saturated rings. The molecule has 0 atom stereocenters. The summed E-state index contributed by atoms with van der Waals surface area (Å²) in [5, 5.41) is 0. The lowest BCUT2D eigenvalue weighted by Gasteiger charge is -2.31. The molecule has 0 saturated carbocycles. The second kappa shape index (κ2) is 6.25. The summed E-state index contributed by atoms with van der Waals surface area (Å²) >= 11 is 4.95. The molecule has 2 N–H and O–H groups in total. The Morgan fingerprint density at radius 3 is 2.84 bits per heavy atom. The topological polar surface area (TPSA) is 58.3 Å². The number of hydrogen-bond donors (Lipinski definition) is 1. The summed E-state index contributed by atoms with van der Waals surface area (Å²) in [6.07, 6.45) is 4.17. The average molecular weight is 279 g/mol. The van der Waals surface area contributed by atoms with Crippen LogP contribution in [0.4, 0.5) is 5.95 Å². The highest BCUT2D eigenvalue weighted by Crippen LogP contribution is 2.18. The number of nitrogens with zero attached hydrogens (tertiary/aromatic N) is 4. The van der Waals surface area contributed by atoms with E-state index in [9.17, 15) is 0 Å². The Labute approximate surface area is 119 Å². The van der Waals surface area contributed by atoms with Gasteiger partial charge >= 0.3 is 0 Å². The fourth-order valence-electron chi connectivity index (χ4n) is 2.38. The molecule has 19 heavy (non-hydrogen) atoms. The van der Waals surface area contributed by atoms with Crippen molar-refractivity contribution in [1.29, 1.82) is 0 Å². The summed E-state index contributed by atoms with van der Waals surface area (Å²) in [7, 11) is 4.20. The summed E-state index contributed by atoms with van der Waals surface area (Å²) in [6.45, 7) is 3.33. The van der Waals surface area contributed by atoms with E-state index in [-0.39, 0.29) is 0 Å². The molecule has 1 aromatic heterocycles. The SMILES string of the molecule is CN1CCC(CN(C)c2nccc(C(N)=S)n2)CC1. The highest BCUT2D eigenvalue weighted by atomic mass is 32.1. The number of hydrogen-bond acceptors (Lipinski definition) is 5. The van der Waals surface area contributed by atoms with Crippen molar-refractivity contribution < 1.29 is 0 Å². The van der Waals surface area contributed by atoms with Crippen molar-refractivity contribution in [3.05, 3.63) is 18.0 Å². The average Bonchev–Trinajstić information content (AvgIpc) is 2.41. The summed E-state index contributed by atoms with van der Waals surface area (Å²) in [6, 6.07) is 1.75. The molecule has 1 aromatic rings. The molecular weight excluding hydrogens is 258 g/mol. The van der Waals surface area contributed by atoms with Crippen LogP contribution in [0.15, 0.2) is 12.3 Å². The molecular formula is C13H21N5S. The molecule has 0 bridgehead atoms. The molecule has 0 spiro atoms. The van der Waals surface area contributed by atoms with Gasteiger partial charge in [-0.15, -0.1) is 0 Å². The number of thiocarbonyl (C=S) groups is 1. The van der Waals surface area contributed by atoms with Gasteiger partial charge < -0.3 is 15.5 Å². The van der Waals surface area contributed by atoms with E-state index in [4.69, 9.17) is 18.0 Å². The number of nitrogens with two attached hydrogens (primary N) is 1. The zero-order valence-electron chi connectivity index (χ0n) is 11.5. The van der Waals surface area contributed by atoms with Gasteiger partial charge in [-0.2, -0.15) is 0 Å². The Balaban J connectivity index is 1.97. The van der Waals surface area contributed by atoms with Gasteiger partial charge in [-0.25, -0.2) is 9.97 Å². The Kier molecular flexibility index (Phi) is 4.66. The summed E-state index contributed by atoms with van der Waals surface area (Å²) < 4.78 is 0. The molecule has 6 heteroatoms. The Morgan fingerprint density at radius 1 is 1.53 bits per heavy atom. The minimum atomic E-state index is 0.316. The lowest BCUT2D eigenvalue weighted by Crippen LogP contribution is -2.36. The number of piperidine rings is 1. The van der Waals surface area contributed by atoms with Crippen molar-refractivity contribution in [2.45, 2.75) is 12.8 Å². The predicted octanol–water partition coefficient (Wildman–Crippen LogP) is 0.889. The number of likely N-dealkylation sites (tertiary alicyclic amines) is 1. The van der Waals surface area contributed by atoms with Crippen molar-refractivity contribution in [2.75, 3.05) is 38.6 Å². The van der Waals surface area contributed by atoms with E-state index in [1.54, 1.807) is 12.3 Å². The highest BCUT2D eigenvalue weighted by molar-refractivity contribution is 7.80. The maximum absolute atomic E-state index is 5.60. The molecule has 5 nitrogen and oxygen atoms in total. The first kappa shape index (κ1) is 14.1. The summed E-state index contributed by atoms with van der Waals surface area (Å²) in [5.41, 5.74) is 6.23. The van der Waals surface area contributed by atoms with Crippen LogP contribution < -0.4 is 10.6 Å². The standard InChI is InChI=1S/C13H21N5S/c1-17-7-4-10(5-8-17)9-18(2)13-15-6-3-11(16-13)12(14)19/h3,6,10H,4-5,7-9H2,1-2H3,(H2,14,19). The summed E-state index contributed by atoms with van der Waals surface area (Å²) in [4.78, 5) is 13.5. The van der Waals surface area contributed by atoms with Gasteiger partial charge in [0.15, 0.2) is 0 Å². The Morgan fingerprint density at radius 2 is 2.21 bits per heavy atom. The van der Waals surface area contributed by atoms with Crippen LogP contribution >= 0.6 is 12.2 Å². The van der Waals surface area contributed by atoms with Gasteiger partial charge in [0, 0.05) is 19.8 Å². The third-order valence-electron chi connectivity index (χ3n) is 3.61. The van der Waals surface area contributed by atoms with Gasteiger partial charge in [0.1, 0.15) is 10.7 Å². The third-order valence-corrected chi connectivity index (χ3v) is 3.82. The van der Waals surface area contributed by atoms with Crippen LogP contribution in [0.2, 0.25) is 0 Å². The van der Waals surface area contributed by atoms with Gasteiger partial charge in [-0.05, 0) is 45.0 Å². The van der Waals surface area contributed by atoms with E-state index in [2.05, 4.69) is 26.8 Å². The maximum Gasteiger partial charge on any atom is 0.225 e. The maximum atomic E-state index is 5.60. The van der Waals surface area contributed by atoms with E-state index in [1.165, 1.54) is 25.9 Å². The number of rotatable bonds is 4. The molecule has 104 valence electrons. The third kappa shape index (κ3) is 3.84. The number of aromatic nitrogens is 2. The van der Waals surface area contributed by atoms with Gasteiger partial charge in [0.2, 0.25) is 5.95 Å². The molecule has 0 aliphatic carbocycles. The zero-order chi connectivity index (χ0) is 13.8. The van der Waals surface area contributed by atoms with E-state index in [1.807, 2.05) is 7.05 Å². The lowest BCUT2D eigenvalue weighted by atomic mass is 9.97. The van der Waals surface area contributed by atoms with Crippen LogP contribution in [0.25, 0.3) is 0 Å². The number of anilines is 1. The molecule has 1 aliphatic rings. The van der Waals surface area contributed by atoms with Gasteiger partial charge in [-0.1, -0.05) is 12.2 Å². The van der Waals surface area contributed by atoms with Crippen LogP contribution in [0.1, 0.15) is 18.5 Å². The smallest absolute Gasteiger partial charge is 0.225 e. The van der Waals surface area contributed by atoms with Gasteiger partial charge in [0.05, 0.1) is 0 Å². The molecule has 0 amide bonds. The van der Waals surface area contributed by atoms with E-state index >= 15 is 0 Å². The van der Waals surface area contributed by atoms with Crippen LogP contribution in [0.3, 0.4) is 0 Å². The van der Waals surface area contributed by atoms with E-state index in [0.717, 1.165) is 6.54 Å². The van der Waals surface area contributed by atoms with Gasteiger partial charge in [-0.3, -0.25) is 0 Å². The fourth-order valence-corrected chi connectivity index (χ4v) is 2.50. The van der Waals surface area contributed by atoms with Crippen molar-refractivity contribution in [2.24, 2.45) is 11.7 Å². The van der Waals surface area contributed by atoms with Crippen molar-refractivity contribution >= 4 is 23.2 Å².